The van der Waals surface area contributed by atoms with E-state index in [0.29, 0.717) is 18.0 Å². The largest absolute Gasteiger partial charge is 0.411 e. The molecule has 7 heteroatoms. The van der Waals surface area contributed by atoms with E-state index in [0.717, 1.165) is 19.3 Å². The molecule has 6 nitrogen and oxygen atoms in total. The fourth-order valence-electron chi connectivity index (χ4n) is 3.72. The van der Waals surface area contributed by atoms with Crippen LogP contribution in [0, 0.1) is 11.8 Å². The summed E-state index contributed by atoms with van der Waals surface area (Å²) in [7, 11) is -2.05. The smallest absolute Gasteiger partial charge is 0.328 e. The highest BCUT2D eigenvalue weighted by Crippen LogP contribution is 2.45. The van der Waals surface area contributed by atoms with Crippen LogP contribution in [0.5, 0.6) is 0 Å². The van der Waals surface area contributed by atoms with E-state index < -0.39 is 14.4 Å². The molecule has 0 bridgehead atoms. The first-order valence-electron chi connectivity index (χ1n) is 10.6. The minimum absolute atomic E-state index is 0.0444. The number of aromatic nitrogens is 2. The minimum atomic E-state index is -2.05. The average molecular weight is 409 g/mol. The van der Waals surface area contributed by atoms with E-state index >= 15 is 0 Å². The maximum Gasteiger partial charge on any atom is 0.328 e. The van der Waals surface area contributed by atoms with Crippen LogP contribution >= 0.6 is 0 Å². The van der Waals surface area contributed by atoms with E-state index in [4.69, 9.17) is 9.16 Å². The van der Waals surface area contributed by atoms with Crippen LogP contribution in [0.25, 0.3) is 0 Å². The van der Waals surface area contributed by atoms with E-state index in [1.807, 2.05) is 0 Å². The summed E-state index contributed by atoms with van der Waals surface area (Å²) < 4.78 is 14.7. The lowest BCUT2D eigenvalue weighted by Crippen LogP contribution is -2.47. The number of hydrogen-bond donors (Lipinski definition) is 1. The first kappa shape index (κ1) is 21.5. The number of hydrogen-bond acceptors (Lipinski definition) is 4. The second-order valence-corrected chi connectivity index (χ2v) is 14.9. The molecule has 1 aliphatic carbocycles. The Hall–Kier alpha value is -1.18. The van der Waals surface area contributed by atoms with Crippen molar-refractivity contribution in [3.05, 3.63) is 32.6 Å². The van der Waals surface area contributed by atoms with Crippen LogP contribution in [0.2, 0.25) is 18.1 Å². The summed E-state index contributed by atoms with van der Waals surface area (Å²) >= 11 is 0. The number of aromatic amines is 1. The summed E-state index contributed by atoms with van der Waals surface area (Å²) in [6, 6.07) is 0. The minimum Gasteiger partial charge on any atom is -0.411 e. The van der Waals surface area contributed by atoms with Gasteiger partial charge >= 0.3 is 5.69 Å². The average Bonchev–Trinajstić information content (AvgIpc) is 3.34. The molecule has 1 N–H and O–H groups in total. The summed E-state index contributed by atoms with van der Waals surface area (Å²) in [4.78, 5) is 27.4. The van der Waals surface area contributed by atoms with Crippen molar-refractivity contribution in [2.45, 2.75) is 96.9 Å². The van der Waals surface area contributed by atoms with Crippen molar-refractivity contribution >= 4 is 8.32 Å². The molecule has 0 radical (unpaired) electrons. The van der Waals surface area contributed by atoms with Crippen LogP contribution in [0.3, 0.4) is 0 Å². The molecule has 2 fully saturated rings. The molecule has 3 rings (SSSR count). The first-order valence-corrected chi connectivity index (χ1v) is 13.5. The lowest BCUT2D eigenvalue weighted by molar-refractivity contribution is 0.00952. The molecule has 2 aliphatic rings. The molecule has 1 aromatic rings. The van der Waals surface area contributed by atoms with Crippen LogP contribution < -0.4 is 11.2 Å². The summed E-state index contributed by atoms with van der Waals surface area (Å²) in [5, 5.41) is 0.0682. The number of ether oxygens (including phenoxy) is 1. The monoisotopic (exact) mass is 408 g/mol. The van der Waals surface area contributed by atoms with Crippen molar-refractivity contribution in [3.63, 3.8) is 0 Å². The zero-order chi connectivity index (χ0) is 20.9. The van der Waals surface area contributed by atoms with Crippen molar-refractivity contribution in [1.29, 1.82) is 0 Å². The zero-order valence-corrected chi connectivity index (χ0v) is 19.4. The number of rotatable bonds is 6. The third kappa shape index (κ3) is 4.21. The van der Waals surface area contributed by atoms with Gasteiger partial charge in [-0.15, -0.1) is 0 Å². The molecule has 1 unspecified atom stereocenters. The Morgan fingerprint density at radius 1 is 1.29 bits per heavy atom. The summed E-state index contributed by atoms with van der Waals surface area (Å²) in [5.74, 6) is 0.731. The van der Waals surface area contributed by atoms with Gasteiger partial charge in [0, 0.05) is 18.7 Å². The van der Waals surface area contributed by atoms with Crippen LogP contribution in [0.15, 0.2) is 15.8 Å². The van der Waals surface area contributed by atoms with Crippen molar-refractivity contribution < 1.29 is 9.16 Å². The Balaban J connectivity index is 1.98. The van der Waals surface area contributed by atoms with Gasteiger partial charge in [0.15, 0.2) is 8.32 Å². The topological polar surface area (TPSA) is 73.3 Å². The normalized spacial score (nSPS) is 28.7. The summed E-state index contributed by atoms with van der Waals surface area (Å²) in [6.07, 6.45) is 4.30. The Bertz CT molecular complexity index is 819. The zero-order valence-electron chi connectivity index (χ0n) is 18.4. The van der Waals surface area contributed by atoms with Gasteiger partial charge in [-0.25, -0.2) is 4.79 Å². The van der Waals surface area contributed by atoms with E-state index in [2.05, 4.69) is 52.7 Å². The van der Waals surface area contributed by atoms with Gasteiger partial charge in [-0.1, -0.05) is 34.6 Å². The fraction of sp³-hybridized carbons (Fsp3) is 0.810. The van der Waals surface area contributed by atoms with Crippen molar-refractivity contribution in [2.24, 2.45) is 11.8 Å². The highest BCUT2D eigenvalue weighted by atomic mass is 28.4. The van der Waals surface area contributed by atoms with Gasteiger partial charge in [0.1, 0.15) is 6.10 Å². The van der Waals surface area contributed by atoms with Crippen molar-refractivity contribution in [1.82, 2.24) is 9.55 Å². The molecule has 2 heterocycles. The molecule has 28 heavy (non-hydrogen) atoms. The van der Waals surface area contributed by atoms with Gasteiger partial charge in [0.25, 0.3) is 5.56 Å². The predicted molar refractivity (Wildman–Crippen MR) is 113 cm³/mol. The molecule has 0 aromatic carbocycles. The van der Waals surface area contributed by atoms with Gasteiger partial charge in [0.2, 0.25) is 0 Å². The predicted octanol–water partition coefficient (Wildman–Crippen LogP) is 3.82. The fourth-order valence-corrected chi connectivity index (χ4v) is 5.10. The highest BCUT2D eigenvalue weighted by Gasteiger charge is 2.49. The van der Waals surface area contributed by atoms with Gasteiger partial charge in [0.05, 0.1) is 17.8 Å². The molecule has 0 amide bonds. The number of nitrogens with zero attached hydrogens (tertiary/aromatic N) is 1. The molecule has 4 atom stereocenters. The number of H-pyrrole nitrogens is 1. The van der Waals surface area contributed by atoms with E-state index in [-0.39, 0.29) is 34.4 Å². The molecule has 1 aliphatic heterocycles. The third-order valence-corrected chi connectivity index (χ3v) is 11.3. The van der Waals surface area contributed by atoms with E-state index in [1.54, 1.807) is 10.8 Å². The molecule has 0 spiro atoms. The van der Waals surface area contributed by atoms with Crippen LogP contribution in [0.4, 0.5) is 0 Å². The van der Waals surface area contributed by atoms with Crippen LogP contribution in [0.1, 0.15) is 65.5 Å². The molecule has 1 saturated heterocycles. The molecule has 1 aromatic heterocycles. The quantitative estimate of drug-likeness (QED) is 0.726. The SMILES string of the molecule is CC[C@H]1O[C@@H](c2cn(CC3CC3)c(=O)[nH]c2=O)[C@@H](O[Si](C)(C)C(C)(C)C)C1C. The lowest BCUT2D eigenvalue weighted by atomic mass is 9.95. The Labute approximate surface area is 168 Å². The Kier molecular flexibility index (Phi) is 5.82. The molecule has 158 valence electrons. The molecular formula is C21H36N2O4Si. The second kappa shape index (κ2) is 7.57. The van der Waals surface area contributed by atoms with Gasteiger partial charge in [-0.3, -0.25) is 14.3 Å². The lowest BCUT2D eigenvalue weighted by Gasteiger charge is -2.40. The van der Waals surface area contributed by atoms with E-state index in [1.165, 1.54) is 0 Å². The van der Waals surface area contributed by atoms with Gasteiger partial charge in [-0.2, -0.15) is 0 Å². The second-order valence-electron chi connectivity index (χ2n) is 10.1. The van der Waals surface area contributed by atoms with Crippen LogP contribution in [-0.2, 0) is 15.7 Å². The standard InChI is InChI=1S/C21H36N2O4Si/c1-8-16-13(2)17(27-28(6,7)21(3,4)5)18(26-16)15-12-23(11-14-9-10-14)20(25)22-19(15)24/h12-14,16-18H,8-11H2,1-7H3,(H,22,24,25)/t13?,16-,17+,18+/m1/s1. The maximum absolute atomic E-state index is 12.7. The van der Waals surface area contributed by atoms with Crippen LogP contribution in [-0.4, -0.2) is 30.1 Å². The highest BCUT2D eigenvalue weighted by molar-refractivity contribution is 6.74. The van der Waals surface area contributed by atoms with Crippen molar-refractivity contribution in [2.75, 3.05) is 0 Å². The Morgan fingerprint density at radius 3 is 2.46 bits per heavy atom. The number of nitrogens with one attached hydrogen (secondary N) is 1. The third-order valence-electron chi connectivity index (χ3n) is 6.86. The van der Waals surface area contributed by atoms with Gasteiger partial charge in [-0.05, 0) is 43.3 Å². The van der Waals surface area contributed by atoms with Gasteiger partial charge < -0.3 is 9.16 Å². The molecule has 1 saturated carbocycles. The van der Waals surface area contributed by atoms with E-state index in [9.17, 15) is 9.59 Å². The van der Waals surface area contributed by atoms with Crippen molar-refractivity contribution in [3.8, 4) is 0 Å². The Morgan fingerprint density at radius 2 is 1.93 bits per heavy atom. The first-order chi connectivity index (χ1) is 12.9. The maximum atomic E-state index is 12.7. The molecular weight excluding hydrogens is 372 g/mol. The summed E-state index contributed by atoms with van der Waals surface area (Å²) in [5.41, 5.74) is -0.165. The summed E-state index contributed by atoms with van der Waals surface area (Å²) in [6.45, 7) is 16.0.